The lowest BCUT2D eigenvalue weighted by Gasteiger charge is -2.16. The summed E-state index contributed by atoms with van der Waals surface area (Å²) in [5.41, 5.74) is 1.97. The van der Waals surface area contributed by atoms with E-state index in [1.54, 1.807) is 12.1 Å². The molecule has 5 heteroatoms. The Morgan fingerprint density at radius 1 is 1.20 bits per heavy atom. The molecule has 0 heterocycles. The molecule has 1 atom stereocenters. The van der Waals surface area contributed by atoms with E-state index < -0.39 is 0 Å². The number of benzene rings is 2. The second kappa shape index (κ2) is 6.90. The lowest BCUT2D eigenvalue weighted by atomic mass is 10.1. The summed E-state index contributed by atoms with van der Waals surface area (Å²) in [5, 5.41) is 4.61. The van der Waals surface area contributed by atoms with Crippen molar-refractivity contribution in [2.75, 3.05) is 0 Å². The average molecular weight is 377 g/mol. The zero-order valence-corrected chi connectivity index (χ0v) is 13.9. The summed E-state index contributed by atoms with van der Waals surface area (Å²) in [6, 6.07) is 10.2. The van der Waals surface area contributed by atoms with Gasteiger partial charge in [0.1, 0.15) is 5.82 Å². The number of hydrogen-bond acceptors (Lipinski definition) is 1. The van der Waals surface area contributed by atoms with Crippen molar-refractivity contribution in [1.29, 1.82) is 0 Å². The molecule has 1 nitrogen and oxygen atoms in total. The first-order valence-electron chi connectivity index (χ1n) is 6.09. The number of hydrogen-bond donors (Lipinski definition) is 1. The van der Waals surface area contributed by atoms with E-state index in [9.17, 15) is 4.39 Å². The lowest BCUT2D eigenvalue weighted by molar-refractivity contribution is 0.571. The minimum absolute atomic E-state index is 0.0664. The van der Waals surface area contributed by atoms with Crippen LogP contribution in [-0.4, -0.2) is 0 Å². The molecule has 2 aromatic carbocycles. The van der Waals surface area contributed by atoms with Crippen LogP contribution in [0.15, 0.2) is 40.9 Å². The van der Waals surface area contributed by atoms with Crippen LogP contribution in [-0.2, 0) is 6.54 Å². The summed E-state index contributed by atoms with van der Waals surface area (Å²) in [6.07, 6.45) is 0. The normalized spacial score (nSPS) is 12.4. The highest BCUT2D eigenvalue weighted by Gasteiger charge is 2.10. The van der Waals surface area contributed by atoms with Gasteiger partial charge < -0.3 is 5.32 Å². The van der Waals surface area contributed by atoms with E-state index in [1.807, 2.05) is 19.1 Å². The Bertz CT molecular complexity index is 619. The SMILES string of the molecule is CC(NCc1ccc(F)cc1Br)c1ccc(Cl)cc1Cl. The molecule has 2 rings (SSSR count). The van der Waals surface area contributed by atoms with Gasteiger partial charge in [-0.05, 0) is 42.3 Å². The van der Waals surface area contributed by atoms with E-state index in [0.717, 1.165) is 15.6 Å². The molecule has 0 fully saturated rings. The van der Waals surface area contributed by atoms with Crippen molar-refractivity contribution in [3.63, 3.8) is 0 Å². The summed E-state index contributed by atoms with van der Waals surface area (Å²) < 4.78 is 13.8. The third-order valence-electron chi connectivity index (χ3n) is 3.04. The van der Waals surface area contributed by atoms with Crippen molar-refractivity contribution in [3.05, 3.63) is 67.9 Å². The van der Waals surface area contributed by atoms with E-state index >= 15 is 0 Å². The standard InChI is InChI=1S/C15H13BrCl2FN/c1-9(13-5-3-11(17)6-15(13)18)20-8-10-2-4-12(19)7-14(10)16/h2-7,9,20H,8H2,1H3. The van der Waals surface area contributed by atoms with Crippen LogP contribution in [0, 0.1) is 5.82 Å². The maximum absolute atomic E-state index is 13.0. The first-order chi connectivity index (χ1) is 9.47. The summed E-state index contributed by atoms with van der Waals surface area (Å²) in [5.74, 6) is -0.255. The minimum Gasteiger partial charge on any atom is -0.306 e. The molecule has 0 saturated heterocycles. The van der Waals surface area contributed by atoms with Gasteiger partial charge in [0, 0.05) is 27.1 Å². The maximum atomic E-state index is 13.0. The van der Waals surface area contributed by atoms with Crippen LogP contribution in [0.2, 0.25) is 10.0 Å². The Labute approximate surface area is 136 Å². The van der Waals surface area contributed by atoms with Gasteiger partial charge in [-0.1, -0.05) is 51.3 Å². The minimum atomic E-state index is -0.255. The van der Waals surface area contributed by atoms with Gasteiger partial charge in [0.05, 0.1) is 0 Å². The molecule has 0 amide bonds. The molecule has 20 heavy (non-hydrogen) atoms. The van der Waals surface area contributed by atoms with E-state index in [0.29, 0.717) is 16.6 Å². The zero-order valence-electron chi connectivity index (χ0n) is 10.8. The number of halogens is 4. The van der Waals surface area contributed by atoms with Gasteiger partial charge in [0.25, 0.3) is 0 Å². The van der Waals surface area contributed by atoms with E-state index in [1.165, 1.54) is 12.1 Å². The number of rotatable bonds is 4. The Kier molecular flexibility index (Phi) is 5.44. The molecule has 2 aromatic rings. The van der Waals surface area contributed by atoms with Crippen molar-refractivity contribution >= 4 is 39.1 Å². The average Bonchev–Trinajstić information content (AvgIpc) is 2.37. The quantitative estimate of drug-likeness (QED) is 0.716. The molecule has 1 unspecified atom stereocenters. The summed E-state index contributed by atoms with van der Waals surface area (Å²) in [6.45, 7) is 2.63. The van der Waals surface area contributed by atoms with Crippen LogP contribution in [0.4, 0.5) is 4.39 Å². The van der Waals surface area contributed by atoms with E-state index in [4.69, 9.17) is 23.2 Å². The molecule has 0 spiro atoms. The van der Waals surface area contributed by atoms with Crippen molar-refractivity contribution in [2.45, 2.75) is 19.5 Å². The van der Waals surface area contributed by atoms with Gasteiger partial charge >= 0.3 is 0 Å². The van der Waals surface area contributed by atoms with Crippen LogP contribution in [0.5, 0.6) is 0 Å². The van der Waals surface area contributed by atoms with Crippen molar-refractivity contribution in [3.8, 4) is 0 Å². The van der Waals surface area contributed by atoms with E-state index in [-0.39, 0.29) is 11.9 Å². The first kappa shape index (κ1) is 15.8. The van der Waals surface area contributed by atoms with Gasteiger partial charge in [-0.2, -0.15) is 0 Å². The molecule has 0 aliphatic heterocycles. The first-order valence-corrected chi connectivity index (χ1v) is 7.64. The van der Waals surface area contributed by atoms with Crippen LogP contribution in [0.3, 0.4) is 0 Å². The molecule has 0 saturated carbocycles. The highest BCUT2D eigenvalue weighted by atomic mass is 79.9. The number of nitrogens with one attached hydrogen (secondary N) is 1. The van der Waals surface area contributed by atoms with Gasteiger partial charge in [0.15, 0.2) is 0 Å². The molecule has 0 aliphatic rings. The molecule has 0 aliphatic carbocycles. The molecular weight excluding hydrogens is 364 g/mol. The lowest BCUT2D eigenvalue weighted by Crippen LogP contribution is -2.18. The molecule has 1 N–H and O–H groups in total. The van der Waals surface area contributed by atoms with Crippen molar-refractivity contribution < 1.29 is 4.39 Å². The monoisotopic (exact) mass is 375 g/mol. The van der Waals surface area contributed by atoms with Crippen LogP contribution in [0.25, 0.3) is 0 Å². The zero-order chi connectivity index (χ0) is 14.7. The largest absolute Gasteiger partial charge is 0.306 e. The molecular formula is C15H13BrCl2FN. The second-order valence-corrected chi connectivity index (χ2v) is 6.20. The Hall–Kier alpha value is -0.610. The summed E-state index contributed by atoms with van der Waals surface area (Å²) >= 11 is 15.4. The fourth-order valence-electron chi connectivity index (χ4n) is 1.89. The van der Waals surface area contributed by atoms with E-state index in [2.05, 4.69) is 21.2 Å². The third-order valence-corrected chi connectivity index (χ3v) is 4.34. The fourth-order valence-corrected chi connectivity index (χ4v) is 2.95. The summed E-state index contributed by atoms with van der Waals surface area (Å²) in [4.78, 5) is 0. The predicted molar refractivity (Wildman–Crippen MR) is 85.8 cm³/mol. The second-order valence-electron chi connectivity index (χ2n) is 4.50. The van der Waals surface area contributed by atoms with Crippen molar-refractivity contribution in [1.82, 2.24) is 5.32 Å². The van der Waals surface area contributed by atoms with Crippen LogP contribution >= 0.6 is 39.1 Å². The molecule has 0 aromatic heterocycles. The summed E-state index contributed by atoms with van der Waals surface area (Å²) in [7, 11) is 0. The van der Waals surface area contributed by atoms with Gasteiger partial charge in [-0.25, -0.2) is 4.39 Å². The van der Waals surface area contributed by atoms with Crippen molar-refractivity contribution in [2.24, 2.45) is 0 Å². The van der Waals surface area contributed by atoms with Crippen LogP contribution < -0.4 is 5.32 Å². The third kappa shape index (κ3) is 3.95. The van der Waals surface area contributed by atoms with Gasteiger partial charge in [-0.15, -0.1) is 0 Å². The fraction of sp³-hybridized carbons (Fsp3) is 0.200. The highest BCUT2D eigenvalue weighted by Crippen LogP contribution is 2.26. The predicted octanol–water partition coefficient (Wildman–Crippen LogP) is 5.75. The smallest absolute Gasteiger partial charge is 0.124 e. The Morgan fingerprint density at radius 2 is 1.95 bits per heavy atom. The Balaban J connectivity index is 2.06. The topological polar surface area (TPSA) is 12.0 Å². The maximum Gasteiger partial charge on any atom is 0.124 e. The Morgan fingerprint density at radius 3 is 2.60 bits per heavy atom. The molecule has 106 valence electrons. The molecule has 0 bridgehead atoms. The van der Waals surface area contributed by atoms with Crippen LogP contribution in [0.1, 0.15) is 24.1 Å². The molecule has 0 radical (unpaired) electrons. The highest BCUT2D eigenvalue weighted by molar-refractivity contribution is 9.10. The van der Waals surface area contributed by atoms with Gasteiger partial charge in [0.2, 0.25) is 0 Å². The van der Waals surface area contributed by atoms with Gasteiger partial charge in [-0.3, -0.25) is 0 Å².